The molecule has 5 atom stereocenters. The predicted octanol–water partition coefficient (Wildman–Crippen LogP) is 4.78. The van der Waals surface area contributed by atoms with Crippen LogP contribution in [-0.4, -0.2) is 18.0 Å². The second-order valence-electron chi connectivity index (χ2n) is 8.92. The summed E-state index contributed by atoms with van der Waals surface area (Å²) in [5, 5.41) is 0. The van der Waals surface area contributed by atoms with Gasteiger partial charge in [-0.25, -0.2) is 0 Å². The molecule has 0 aromatic heterocycles. The van der Waals surface area contributed by atoms with Crippen molar-refractivity contribution >= 4 is 11.9 Å². The average Bonchev–Trinajstić information content (AvgIpc) is 3.21. The average molecular weight is 373 g/mol. The van der Waals surface area contributed by atoms with Crippen LogP contribution in [0.15, 0.2) is 24.3 Å². The number of rotatable bonds is 6. The molecule has 2 saturated carbocycles. The Morgan fingerprint density at radius 3 is 2.33 bits per heavy atom. The van der Waals surface area contributed by atoms with E-state index in [9.17, 15) is 9.59 Å². The van der Waals surface area contributed by atoms with Crippen LogP contribution in [0.1, 0.15) is 64.5 Å². The molecule has 0 spiro atoms. The number of benzene rings is 1. The molecule has 27 heavy (non-hydrogen) atoms. The Labute approximate surface area is 162 Å². The van der Waals surface area contributed by atoms with Crippen LogP contribution in [0.5, 0.6) is 0 Å². The SMILES string of the molecule is CCC(C)C(=O)OC1CC2CC1CC2C(=O)OC(C)(C)c1ccc(C)cc1. The summed E-state index contributed by atoms with van der Waals surface area (Å²) in [7, 11) is 0. The van der Waals surface area contributed by atoms with Crippen molar-refractivity contribution < 1.29 is 19.1 Å². The number of ether oxygens (including phenoxy) is 2. The summed E-state index contributed by atoms with van der Waals surface area (Å²) in [5.74, 6) is 0.224. The zero-order chi connectivity index (χ0) is 19.8. The van der Waals surface area contributed by atoms with E-state index in [0.29, 0.717) is 5.92 Å². The maximum Gasteiger partial charge on any atom is 0.310 e. The van der Waals surface area contributed by atoms with Crippen LogP contribution in [-0.2, 0) is 24.7 Å². The summed E-state index contributed by atoms with van der Waals surface area (Å²) >= 11 is 0. The Kier molecular flexibility index (Phi) is 5.64. The van der Waals surface area contributed by atoms with Gasteiger partial charge in [-0.2, -0.15) is 0 Å². The number of fused-ring (bicyclic) bond motifs is 2. The van der Waals surface area contributed by atoms with Crippen molar-refractivity contribution in [2.75, 3.05) is 0 Å². The zero-order valence-electron chi connectivity index (χ0n) is 17.2. The Morgan fingerprint density at radius 2 is 1.78 bits per heavy atom. The minimum absolute atomic E-state index is 0.0225. The first-order valence-corrected chi connectivity index (χ1v) is 10.2. The third-order valence-electron chi connectivity index (χ3n) is 6.48. The molecule has 1 aromatic rings. The Morgan fingerprint density at radius 1 is 1.11 bits per heavy atom. The van der Waals surface area contributed by atoms with Crippen LogP contribution < -0.4 is 0 Å². The van der Waals surface area contributed by atoms with Gasteiger partial charge in [-0.05, 0) is 63.9 Å². The number of hydrogen-bond acceptors (Lipinski definition) is 4. The molecule has 0 radical (unpaired) electrons. The highest BCUT2D eigenvalue weighted by Crippen LogP contribution is 2.50. The molecule has 5 unspecified atom stereocenters. The van der Waals surface area contributed by atoms with Crippen LogP contribution in [0.25, 0.3) is 0 Å². The fourth-order valence-corrected chi connectivity index (χ4v) is 4.43. The monoisotopic (exact) mass is 372 g/mol. The molecule has 2 aliphatic rings. The number of carbonyl (C=O) groups is 2. The highest BCUT2D eigenvalue weighted by atomic mass is 16.6. The van der Waals surface area contributed by atoms with E-state index in [2.05, 4.69) is 0 Å². The van der Waals surface area contributed by atoms with Crippen LogP contribution in [0.4, 0.5) is 0 Å². The van der Waals surface area contributed by atoms with Crippen molar-refractivity contribution in [3.8, 4) is 0 Å². The maximum absolute atomic E-state index is 12.8. The van der Waals surface area contributed by atoms with Gasteiger partial charge in [-0.3, -0.25) is 9.59 Å². The summed E-state index contributed by atoms with van der Waals surface area (Å²) in [6.45, 7) is 9.83. The molecule has 0 amide bonds. The van der Waals surface area contributed by atoms with E-state index < -0.39 is 5.60 Å². The molecule has 3 rings (SSSR count). The van der Waals surface area contributed by atoms with Crippen molar-refractivity contribution in [2.45, 2.75) is 72.0 Å². The lowest BCUT2D eigenvalue weighted by Gasteiger charge is -2.31. The molecule has 1 aromatic carbocycles. The van der Waals surface area contributed by atoms with Gasteiger partial charge in [0, 0.05) is 0 Å². The van der Waals surface area contributed by atoms with Gasteiger partial charge in [0.05, 0.1) is 11.8 Å². The Balaban J connectivity index is 1.57. The summed E-state index contributed by atoms with van der Waals surface area (Å²) in [6, 6.07) is 8.12. The normalized spacial score (nSPS) is 28.0. The van der Waals surface area contributed by atoms with Crippen molar-refractivity contribution in [1.82, 2.24) is 0 Å². The molecule has 2 bridgehead atoms. The Hall–Kier alpha value is -1.84. The van der Waals surface area contributed by atoms with E-state index in [-0.39, 0.29) is 35.8 Å². The highest BCUT2D eigenvalue weighted by Gasteiger charge is 2.51. The zero-order valence-corrected chi connectivity index (χ0v) is 17.2. The van der Waals surface area contributed by atoms with E-state index in [1.54, 1.807) is 0 Å². The smallest absolute Gasteiger partial charge is 0.310 e. The van der Waals surface area contributed by atoms with E-state index in [1.807, 2.05) is 58.9 Å². The van der Waals surface area contributed by atoms with Gasteiger partial charge in [0.25, 0.3) is 0 Å². The number of esters is 2. The summed E-state index contributed by atoms with van der Waals surface area (Å²) in [5.41, 5.74) is 1.55. The molecule has 0 aliphatic heterocycles. The molecular weight excluding hydrogens is 340 g/mol. The summed E-state index contributed by atoms with van der Waals surface area (Å²) in [6.07, 6.45) is 3.29. The van der Waals surface area contributed by atoms with Crippen LogP contribution in [0.2, 0.25) is 0 Å². The van der Waals surface area contributed by atoms with E-state index >= 15 is 0 Å². The second kappa shape index (κ2) is 7.65. The first-order valence-electron chi connectivity index (χ1n) is 10.2. The van der Waals surface area contributed by atoms with E-state index in [4.69, 9.17) is 9.47 Å². The van der Waals surface area contributed by atoms with Gasteiger partial charge in [0.2, 0.25) is 0 Å². The molecular formula is C23H32O4. The molecule has 0 N–H and O–H groups in total. The number of aryl methyl sites for hydroxylation is 1. The third-order valence-corrected chi connectivity index (χ3v) is 6.48. The lowest BCUT2D eigenvalue weighted by molar-refractivity contribution is -0.166. The fourth-order valence-electron chi connectivity index (χ4n) is 4.43. The molecule has 148 valence electrons. The van der Waals surface area contributed by atoms with Gasteiger partial charge < -0.3 is 9.47 Å². The van der Waals surface area contributed by atoms with Crippen molar-refractivity contribution in [3.05, 3.63) is 35.4 Å². The summed E-state index contributed by atoms with van der Waals surface area (Å²) < 4.78 is 11.6. The minimum Gasteiger partial charge on any atom is -0.462 e. The topological polar surface area (TPSA) is 52.6 Å². The lowest BCUT2D eigenvalue weighted by atomic mass is 9.86. The molecule has 0 saturated heterocycles. The van der Waals surface area contributed by atoms with Gasteiger partial charge >= 0.3 is 11.9 Å². The molecule has 4 nitrogen and oxygen atoms in total. The minimum atomic E-state index is -0.644. The maximum atomic E-state index is 12.8. The molecule has 2 aliphatic carbocycles. The quantitative estimate of drug-likeness (QED) is 0.675. The largest absolute Gasteiger partial charge is 0.462 e. The highest BCUT2D eigenvalue weighted by molar-refractivity contribution is 5.74. The fraction of sp³-hybridized carbons (Fsp3) is 0.652. The van der Waals surface area contributed by atoms with Gasteiger partial charge in [0.1, 0.15) is 11.7 Å². The van der Waals surface area contributed by atoms with Crippen LogP contribution in [0, 0.1) is 30.6 Å². The van der Waals surface area contributed by atoms with E-state index in [0.717, 1.165) is 31.2 Å². The number of carbonyl (C=O) groups excluding carboxylic acids is 2. The van der Waals surface area contributed by atoms with Crippen molar-refractivity contribution in [3.63, 3.8) is 0 Å². The second-order valence-corrected chi connectivity index (χ2v) is 8.92. The van der Waals surface area contributed by atoms with Crippen molar-refractivity contribution in [1.29, 1.82) is 0 Å². The van der Waals surface area contributed by atoms with E-state index in [1.165, 1.54) is 5.56 Å². The third kappa shape index (κ3) is 4.20. The molecule has 2 fully saturated rings. The first kappa shape index (κ1) is 19.9. The Bertz CT molecular complexity index is 691. The first-order chi connectivity index (χ1) is 12.7. The lowest BCUT2D eigenvalue weighted by Crippen LogP contribution is -2.35. The predicted molar refractivity (Wildman–Crippen MR) is 104 cm³/mol. The number of hydrogen-bond donors (Lipinski definition) is 0. The van der Waals surface area contributed by atoms with Gasteiger partial charge in [-0.1, -0.05) is 43.7 Å². The molecule has 0 heterocycles. The molecule has 4 heteroatoms. The van der Waals surface area contributed by atoms with Crippen LogP contribution in [0.3, 0.4) is 0 Å². The van der Waals surface area contributed by atoms with Crippen LogP contribution >= 0.6 is 0 Å². The van der Waals surface area contributed by atoms with Gasteiger partial charge in [-0.15, -0.1) is 0 Å². The van der Waals surface area contributed by atoms with Gasteiger partial charge in [0.15, 0.2) is 0 Å². The van der Waals surface area contributed by atoms with Crippen molar-refractivity contribution in [2.24, 2.45) is 23.7 Å². The standard InChI is InChI=1S/C23H32O4/c1-6-15(3)21(24)26-20-13-16-11-17(20)12-19(16)22(25)27-23(4,5)18-9-7-14(2)8-10-18/h7-10,15-17,19-20H,6,11-13H2,1-5H3. The summed E-state index contributed by atoms with van der Waals surface area (Å²) in [4.78, 5) is 24.9.